The summed E-state index contributed by atoms with van der Waals surface area (Å²) in [4.78, 5) is 52.5. The van der Waals surface area contributed by atoms with Crippen molar-refractivity contribution < 1.29 is 38.4 Å². The highest BCUT2D eigenvalue weighted by atomic mass is 16.6. The molecule has 0 saturated carbocycles. The summed E-state index contributed by atoms with van der Waals surface area (Å²) in [5, 5.41) is 28.3. The normalized spacial score (nSPS) is 19.4. The molecule has 0 radical (unpaired) electrons. The lowest BCUT2D eigenvalue weighted by atomic mass is 10.0. The number of amides is 4. The topological polar surface area (TPSA) is 194 Å². The Morgan fingerprint density at radius 2 is 1.77 bits per heavy atom. The van der Waals surface area contributed by atoms with Gasteiger partial charge < -0.3 is 35.8 Å². The number of aromatic nitrogens is 2. The van der Waals surface area contributed by atoms with Crippen LogP contribution in [0.25, 0.3) is 0 Å². The van der Waals surface area contributed by atoms with E-state index < -0.39 is 41.8 Å². The molecule has 3 aromatic rings. The van der Waals surface area contributed by atoms with Crippen molar-refractivity contribution in [3.8, 4) is 23.1 Å². The molecule has 0 unspecified atom stereocenters. The van der Waals surface area contributed by atoms with Crippen molar-refractivity contribution in [3.05, 3.63) is 59.3 Å². The lowest BCUT2D eigenvalue weighted by Crippen LogP contribution is -2.57. The minimum absolute atomic E-state index is 0.0773. The van der Waals surface area contributed by atoms with Crippen molar-refractivity contribution in [1.82, 2.24) is 31.6 Å². The van der Waals surface area contributed by atoms with Crippen LogP contribution in [0.2, 0.25) is 0 Å². The number of aromatic hydroxyl groups is 1. The van der Waals surface area contributed by atoms with Gasteiger partial charge in [0.15, 0.2) is 0 Å². The minimum Gasteiger partial charge on any atom is -0.507 e. The third kappa shape index (κ3) is 7.99. The van der Waals surface area contributed by atoms with Crippen molar-refractivity contribution in [3.63, 3.8) is 0 Å². The van der Waals surface area contributed by atoms with Gasteiger partial charge in [0.05, 0.1) is 12.1 Å². The Balaban J connectivity index is 1.57. The number of hydrogen-bond donors (Lipinski definition) is 5. The van der Waals surface area contributed by atoms with Gasteiger partial charge >= 0.3 is 0 Å². The van der Waals surface area contributed by atoms with Gasteiger partial charge in [0.25, 0.3) is 11.8 Å². The Bertz CT molecular complexity index is 1470. The summed E-state index contributed by atoms with van der Waals surface area (Å²) in [6.07, 6.45) is 0.139. The van der Waals surface area contributed by atoms with Crippen LogP contribution in [-0.2, 0) is 20.8 Å². The number of rotatable bonds is 6. The largest absolute Gasteiger partial charge is 0.507 e. The van der Waals surface area contributed by atoms with E-state index >= 15 is 0 Å². The van der Waals surface area contributed by atoms with E-state index in [9.17, 15) is 24.3 Å². The van der Waals surface area contributed by atoms with Gasteiger partial charge in [-0.15, -0.1) is 0 Å². The Morgan fingerprint density at radius 3 is 2.44 bits per heavy atom. The van der Waals surface area contributed by atoms with Crippen LogP contribution < -0.4 is 30.7 Å². The van der Waals surface area contributed by atoms with Crippen LogP contribution in [0.5, 0.6) is 23.1 Å². The second-order valence-corrected chi connectivity index (χ2v) is 10.4. The smallest absolute Gasteiger partial charge is 0.278 e. The molecule has 3 atom stereocenters. The second-order valence-electron chi connectivity index (χ2n) is 10.4. The molecule has 5 N–H and O–H groups in total. The number of hydrogen-bond acceptors (Lipinski definition) is 10. The summed E-state index contributed by atoms with van der Waals surface area (Å²) in [6.45, 7) is 6.80. The molecule has 5 rings (SSSR count). The molecule has 0 saturated heterocycles. The molecular weight excluding hydrogens is 560 g/mol. The summed E-state index contributed by atoms with van der Waals surface area (Å²) < 4.78 is 15.9. The number of nitrogens with one attached hydrogen (secondary N) is 4. The molecule has 228 valence electrons. The number of carbonyl (C=O) groups excluding carboxylic acids is 4. The summed E-state index contributed by atoms with van der Waals surface area (Å²) in [5.41, 5.74) is 1.11. The van der Waals surface area contributed by atoms with Crippen molar-refractivity contribution in [1.29, 1.82) is 0 Å². The fourth-order valence-corrected chi connectivity index (χ4v) is 4.25. The third-order valence-corrected chi connectivity index (χ3v) is 6.68. The zero-order chi connectivity index (χ0) is 31.1. The van der Waals surface area contributed by atoms with Crippen LogP contribution in [0.3, 0.4) is 0 Å². The maximum atomic E-state index is 13.2. The first-order valence-electron chi connectivity index (χ1n) is 13.7. The van der Waals surface area contributed by atoms with E-state index in [1.54, 1.807) is 45.0 Å². The van der Waals surface area contributed by atoms with Crippen LogP contribution in [0.15, 0.2) is 47.1 Å². The van der Waals surface area contributed by atoms with E-state index in [1.807, 2.05) is 0 Å². The van der Waals surface area contributed by atoms with E-state index in [2.05, 4.69) is 36.2 Å². The molecule has 0 fully saturated rings. The lowest BCUT2D eigenvalue weighted by molar-refractivity contribution is -0.132. The van der Waals surface area contributed by atoms with Gasteiger partial charge in [-0.25, -0.2) is 4.63 Å². The quantitative estimate of drug-likeness (QED) is 0.206. The third-order valence-electron chi connectivity index (χ3n) is 6.68. The molecule has 3 heterocycles. The molecule has 4 amide bonds. The van der Waals surface area contributed by atoms with Crippen molar-refractivity contribution >= 4 is 23.6 Å². The molecule has 2 aliphatic rings. The van der Waals surface area contributed by atoms with Gasteiger partial charge in [-0.05, 0) is 60.8 Å². The fraction of sp³-hybridized carbons (Fsp3) is 0.379. The zero-order valence-electron chi connectivity index (χ0n) is 24.2. The second kappa shape index (κ2) is 13.7. The van der Waals surface area contributed by atoms with Gasteiger partial charge in [0.2, 0.25) is 17.7 Å². The van der Waals surface area contributed by atoms with Crippen LogP contribution in [0.4, 0.5) is 0 Å². The summed E-state index contributed by atoms with van der Waals surface area (Å²) in [6, 6.07) is 7.98. The van der Waals surface area contributed by atoms with Crippen LogP contribution in [0, 0.1) is 12.8 Å². The Kier molecular flexibility index (Phi) is 9.80. The number of benzene rings is 2. The fourth-order valence-electron chi connectivity index (χ4n) is 4.25. The summed E-state index contributed by atoms with van der Waals surface area (Å²) >= 11 is 0. The van der Waals surface area contributed by atoms with E-state index in [-0.39, 0.29) is 42.7 Å². The van der Waals surface area contributed by atoms with Gasteiger partial charge in [0.1, 0.15) is 47.7 Å². The number of aryl methyl sites for hydroxylation is 1. The van der Waals surface area contributed by atoms with Crippen LogP contribution in [-0.4, -0.2) is 70.3 Å². The predicted octanol–water partition coefficient (Wildman–Crippen LogP) is 1.37. The number of fused-ring (bicyclic) bond motifs is 11. The standard InChI is InChI=1S/C29H34N6O8/c1-15(2)24-28(40)31-16(3)25(37)32-22(27(39)30-11-12-41-29-17(4)34-43-35-29)13-18-5-7-19(8-6-18)42-20-9-10-23(36)21(14-20)26(38)33-24/h5-10,14-16,22,24,36H,11-13H2,1-4H3,(H,30,39)(H,31,40)(H,32,37)(H,33,38)/t16-,22+,24-/m0/s1. The highest BCUT2D eigenvalue weighted by Gasteiger charge is 2.30. The highest BCUT2D eigenvalue weighted by molar-refractivity contribution is 6.00. The lowest BCUT2D eigenvalue weighted by Gasteiger charge is -2.25. The zero-order valence-corrected chi connectivity index (χ0v) is 24.2. The molecule has 2 aliphatic heterocycles. The maximum absolute atomic E-state index is 13.2. The monoisotopic (exact) mass is 594 g/mol. The number of ether oxygens (including phenoxy) is 2. The van der Waals surface area contributed by atoms with E-state index in [1.165, 1.54) is 25.1 Å². The minimum atomic E-state index is -1.04. The van der Waals surface area contributed by atoms with Crippen molar-refractivity contribution in [2.45, 2.75) is 52.2 Å². The molecule has 0 aliphatic carbocycles. The Morgan fingerprint density at radius 1 is 1.05 bits per heavy atom. The molecule has 2 aromatic carbocycles. The van der Waals surface area contributed by atoms with Gasteiger partial charge in [-0.1, -0.05) is 31.1 Å². The molecule has 1 aromatic heterocycles. The SMILES string of the molecule is Cc1nonc1OCCNC(=O)[C@H]1Cc2ccc(cc2)Oc2ccc(O)c(c2)C(=O)N[C@@H](C(C)C)C(=O)N[C@@H](C)C(=O)N1. The number of phenolic OH excluding ortho intramolecular Hbond substituents is 1. The number of phenols is 1. The molecule has 43 heavy (non-hydrogen) atoms. The maximum Gasteiger partial charge on any atom is 0.278 e. The number of nitrogens with zero attached hydrogens (tertiary/aromatic N) is 2. The first-order valence-corrected chi connectivity index (χ1v) is 13.7. The molecule has 14 heteroatoms. The first-order chi connectivity index (χ1) is 20.5. The average molecular weight is 595 g/mol. The molecule has 14 nitrogen and oxygen atoms in total. The molecule has 4 bridgehead atoms. The Labute approximate surface area is 247 Å². The van der Waals surface area contributed by atoms with E-state index in [0.29, 0.717) is 17.2 Å². The van der Waals surface area contributed by atoms with Crippen LogP contribution >= 0.6 is 0 Å². The van der Waals surface area contributed by atoms with Crippen molar-refractivity contribution in [2.75, 3.05) is 13.2 Å². The van der Waals surface area contributed by atoms with Gasteiger partial charge in [-0.2, -0.15) is 0 Å². The predicted molar refractivity (Wildman–Crippen MR) is 151 cm³/mol. The summed E-state index contributed by atoms with van der Waals surface area (Å²) in [5.74, 6) is -2.07. The molecular formula is C29H34N6O8. The Hall–Kier alpha value is -5.14. The van der Waals surface area contributed by atoms with Crippen LogP contribution in [0.1, 0.15) is 42.4 Å². The van der Waals surface area contributed by atoms with E-state index in [0.717, 1.165) is 5.56 Å². The molecule has 0 spiro atoms. The van der Waals surface area contributed by atoms with Gasteiger partial charge in [0, 0.05) is 6.42 Å². The van der Waals surface area contributed by atoms with E-state index in [4.69, 9.17) is 9.47 Å². The first kappa shape index (κ1) is 30.8. The average Bonchev–Trinajstić information content (AvgIpc) is 3.38. The summed E-state index contributed by atoms with van der Waals surface area (Å²) in [7, 11) is 0. The van der Waals surface area contributed by atoms with Gasteiger partial charge in [-0.3, -0.25) is 19.2 Å². The number of carbonyl (C=O) groups is 4. The van der Waals surface area contributed by atoms with Crippen molar-refractivity contribution in [2.24, 2.45) is 5.92 Å². The highest BCUT2D eigenvalue weighted by Crippen LogP contribution is 2.28.